The second-order valence-electron chi connectivity index (χ2n) is 13.7. The van der Waals surface area contributed by atoms with Gasteiger partial charge in [-0.25, -0.2) is 0 Å². The van der Waals surface area contributed by atoms with Crippen LogP contribution in [0.15, 0.2) is 56.3 Å². The molecule has 0 aliphatic carbocycles. The molecule has 14 heteroatoms. The second kappa shape index (κ2) is 13.6. The predicted molar refractivity (Wildman–Crippen MR) is 179 cm³/mol. The third-order valence-corrected chi connectivity index (χ3v) is 13.5. The molecule has 2 unspecified atom stereocenters. The predicted octanol–water partition coefficient (Wildman–Crippen LogP) is 8.78. The van der Waals surface area contributed by atoms with Gasteiger partial charge in [-0.3, -0.25) is 4.79 Å². The van der Waals surface area contributed by atoms with Gasteiger partial charge in [0, 0.05) is 41.0 Å². The van der Waals surface area contributed by atoms with E-state index in [1.165, 1.54) is 0 Å². The van der Waals surface area contributed by atoms with Crippen molar-refractivity contribution in [3.8, 4) is 22.8 Å². The van der Waals surface area contributed by atoms with Crippen molar-refractivity contribution in [2.24, 2.45) is 5.92 Å². The summed E-state index contributed by atoms with van der Waals surface area (Å²) < 4.78 is 56.0. The number of rotatable bonds is 9. The van der Waals surface area contributed by atoms with Gasteiger partial charge in [-0.2, -0.15) is 18.2 Å². The first kappa shape index (κ1) is 34.6. The van der Waals surface area contributed by atoms with Gasteiger partial charge in [-0.05, 0) is 53.8 Å². The average molecular weight is 702 g/mol. The Morgan fingerprint density at radius 3 is 2.46 bits per heavy atom. The summed E-state index contributed by atoms with van der Waals surface area (Å²) in [5.41, 5.74) is 1.98. The zero-order valence-corrected chi connectivity index (χ0v) is 29.3. The quantitative estimate of drug-likeness (QED) is 0.158. The Labute approximate surface area is 283 Å². The zero-order valence-electron chi connectivity index (χ0n) is 27.6. The van der Waals surface area contributed by atoms with E-state index < -0.39 is 25.6 Å². The molecule has 0 bridgehead atoms. The monoisotopic (exact) mass is 701 g/mol. The highest BCUT2D eigenvalue weighted by atomic mass is 32.2. The van der Waals surface area contributed by atoms with Gasteiger partial charge in [-0.1, -0.05) is 72.0 Å². The first-order chi connectivity index (χ1) is 22.7. The van der Waals surface area contributed by atoms with E-state index in [-0.39, 0.29) is 23.4 Å². The normalized spacial score (nSPS) is 19.5. The SMILES string of the molecule is CC(C)CP(CC1(c2nnc(-c3ccc4c(c3)N(Cc3ccc(-c5noc(C(F)(F)F)n5)cc3)C(=O)CCS4)o2)CCCO1)C(C)(C)C. The van der Waals surface area contributed by atoms with Crippen LogP contribution < -0.4 is 4.90 Å². The van der Waals surface area contributed by atoms with Crippen molar-refractivity contribution in [1.29, 1.82) is 0 Å². The Hall–Kier alpha value is -3.28. The van der Waals surface area contributed by atoms with Gasteiger partial charge in [0.1, 0.15) is 5.60 Å². The maximum absolute atomic E-state index is 13.4. The van der Waals surface area contributed by atoms with Gasteiger partial charge in [0.15, 0.2) is 0 Å². The van der Waals surface area contributed by atoms with Crippen LogP contribution in [0, 0.1) is 5.92 Å². The highest BCUT2D eigenvalue weighted by molar-refractivity contribution is 7.99. The number of hydrogen-bond donors (Lipinski definition) is 0. The molecule has 4 aromatic rings. The molecular weight excluding hydrogens is 662 g/mol. The fraction of sp³-hybridized carbons (Fsp3) is 0.500. The molecule has 6 rings (SSSR count). The number of benzene rings is 2. The zero-order chi connectivity index (χ0) is 34.3. The number of halogens is 3. The molecule has 4 heterocycles. The van der Waals surface area contributed by atoms with Gasteiger partial charge < -0.3 is 18.6 Å². The van der Waals surface area contributed by atoms with Crippen LogP contribution in [0.1, 0.15) is 71.2 Å². The summed E-state index contributed by atoms with van der Waals surface area (Å²) in [5, 5.41) is 12.6. The number of aromatic nitrogens is 4. The summed E-state index contributed by atoms with van der Waals surface area (Å²) in [6.45, 7) is 12.4. The van der Waals surface area contributed by atoms with Crippen molar-refractivity contribution < 1.29 is 31.6 Å². The Morgan fingerprint density at radius 1 is 1.06 bits per heavy atom. The topological polar surface area (TPSA) is 107 Å². The van der Waals surface area contributed by atoms with Crippen LogP contribution >= 0.6 is 19.7 Å². The van der Waals surface area contributed by atoms with Crippen LogP contribution in [0.2, 0.25) is 0 Å². The molecule has 1 amide bonds. The summed E-state index contributed by atoms with van der Waals surface area (Å²) in [7, 11) is -0.390. The molecule has 1 fully saturated rings. The lowest BCUT2D eigenvalue weighted by Gasteiger charge is -2.38. The van der Waals surface area contributed by atoms with Crippen molar-refractivity contribution in [3.05, 3.63) is 59.8 Å². The smallest absolute Gasteiger partial charge is 0.418 e. The Balaban J connectivity index is 1.26. The molecule has 0 spiro atoms. The summed E-state index contributed by atoms with van der Waals surface area (Å²) in [5.74, 6) is 0.489. The summed E-state index contributed by atoms with van der Waals surface area (Å²) in [6.07, 6.45) is -0.599. The van der Waals surface area contributed by atoms with E-state index in [4.69, 9.17) is 9.15 Å². The highest BCUT2D eigenvalue weighted by Gasteiger charge is 2.46. The number of alkyl halides is 3. The van der Waals surface area contributed by atoms with Crippen LogP contribution in [-0.4, -0.2) is 56.1 Å². The lowest BCUT2D eigenvalue weighted by atomic mass is 10.0. The number of ether oxygens (including phenoxy) is 1. The van der Waals surface area contributed by atoms with Crippen molar-refractivity contribution in [1.82, 2.24) is 20.3 Å². The fourth-order valence-corrected chi connectivity index (χ4v) is 9.99. The molecule has 2 aromatic carbocycles. The summed E-state index contributed by atoms with van der Waals surface area (Å²) >= 11 is 1.61. The number of nitrogens with zero attached hydrogens (tertiary/aromatic N) is 5. The van der Waals surface area contributed by atoms with E-state index in [0.717, 1.165) is 41.3 Å². The Bertz CT molecular complexity index is 1750. The van der Waals surface area contributed by atoms with Crippen molar-refractivity contribution in [2.75, 3.05) is 29.6 Å². The van der Waals surface area contributed by atoms with E-state index in [1.54, 1.807) is 40.9 Å². The Morgan fingerprint density at radius 2 is 1.81 bits per heavy atom. The molecule has 1 saturated heterocycles. The van der Waals surface area contributed by atoms with Gasteiger partial charge >= 0.3 is 12.1 Å². The van der Waals surface area contributed by atoms with Crippen LogP contribution in [0.25, 0.3) is 22.8 Å². The summed E-state index contributed by atoms with van der Waals surface area (Å²) in [6, 6.07) is 12.5. The first-order valence-electron chi connectivity index (χ1n) is 16.0. The molecule has 2 aliphatic heterocycles. The minimum absolute atomic E-state index is 0.0410. The maximum atomic E-state index is 13.4. The molecule has 0 saturated carbocycles. The van der Waals surface area contributed by atoms with E-state index in [2.05, 4.69) is 59.5 Å². The number of carbonyl (C=O) groups is 1. The molecule has 0 radical (unpaired) electrons. The molecule has 9 nitrogen and oxygen atoms in total. The third-order valence-electron chi connectivity index (χ3n) is 8.49. The number of carbonyl (C=O) groups excluding carboxylic acids is 1. The van der Waals surface area contributed by atoms with E-state index >= 15 is 0 Å². The van der Waals surface area contributed by atoms with E-state index in [0.29, 0.717) is 47.6 Å². The van der Waals surface area contributed by atoms with Crippen molar-refractivity contribution >= 4 is 31.3 Å². The maximum Gasteiger partial charge on any atom is 0.471 e. The van der Waals surface area contributed by atoms with E-state index in [1.807, 2.05) is 18.2 Å². The number of hydrogen-bond acceptors (Lipinski definition) is 9. The van der Waals surface area contributed by atoms with Crippen molar-refractivity contribution in [2.45, 2.75) is 82.3 Å². The van der Waals surface area contributed by atoms with Gasteiger partial charge in [-0.15, -0.1) is 22.0 Å². The van der Waals surface area contributed by atoms with Crippen LogP contribution in [-0.2, 0) is 27.9 Å². The lowest BCUT2D eigenvalue weighted by molar-refractivity contribution is -0.159. The number of thioether (sulfide) groups is 1. The van der Waals surface area contributed by atoms with Crippen molar-refractivity contribution in [3.63, 3.8) is 0 Å². The minimum atomic E-state index is -4.72. The number of amides is 1. The summed E-state index contributed by atoms with van der Waals surface area (Å²) in [4.78, 5) is 19.5. The highest BCUT2D eigenvalue weighted by Crippen LogP contribution is 2.56. The van der Waals surface area contributed by atoms with Crippen LogP contribution in [0.4, 0.5) is 18.9 Å². The van der Waals surface area contributed by atoms with Gasteiger partial charge in [0.05, 0.1) is 12.2 Å². The van der Waals surface area contributed by atoms with Crippen LogP contribution in [0.5, 0.6) is 0 Å². The number of fused-ring (bicyclic) bond motifs is 1. The minimum Gasteiger partial charge on any atom is -0.418 e. The van der Waals surface area contributed by atoms with Gasteiger partial charge in [0.2, 0.25) is 23.5 Å². The first-order valence-corrected chi connectivity index (χ1v) is 18.7. The lowest BCUT2D eigenvalue weighted by Crippen LogP contribution is -2.33. The molecule has 48 heavy (non-hydrogen) atoms. The average Bonchev–Trinajstić information content (AvgIpc) is 3.80. The molecule has 256 valence electrons. The largest absolute Gasteiger partial charge is 0.471 e. The number of anilines is 1. The second-order valence-corrected chi connectivity index (χ2v) is 17.9. The van der Waals surface area contributed by atoms with Crippen LogP contribution in [0.3, 0.4) is 0 Å². The molecule has 0 N–H and O–H groups in total. The van der Waals surface area contributed by atoms with E-state index in [9.17, 15) is 18.0 Å². The third kappa shape index (κ3) is 7.48. The van der Waals surface area contributed by atoms with Gasteiger partial charge in [0.25, 0.3) is 0 Å². The molecule has 2 aliphatic rings. The molecular formula is C34H39F3N5O4PS. The molecule has 2 atom stereocenters. The fourth-order valence-electron chi connectivity index (χ4n) is 5.98. The molecule has 2 aromatic heterocycles. The Kier molecular flexibility index (Phi) is 9.77. The standard InChI is InChI=1S/C34H39F3N5O4PS/c1-21(2)19-47(32(3,4)5)20-33(14-6-15-44-33)30-40-39-29(45-30)24-11-12-26-25(17-24)42(27(43)13-16-48-26)18-22-7-9-23(10-8-22)28-38-31(46-41-28)34(35,36)37/h7-12,17,21H,6,13-16,18-20H2,1-5H3.